The number of halogens is 3. The summed E-state index contributed by atoms with van der Waals surface area (Å²) in [4.78, 5) is 12.4. The summed E-state index contributed by atoms with van der Waals surface area (Å²) in [6.45, 7) is 0.124. The van der Waals surface area contributed by atoms with Gasteiger partial charge in [-0.25, -0.2) is 0 Å². The first-order valence-electron chi connectivity index (χ1n) is 6.75. The van der Waals surface area contributed by atoms with E-state index < -0.39 is 11.7 Å². The average Bonchev–Trinajstić information content (AvgIpc) is 2.57. The molecule has 0 saturated carbocycles. The monoisotopic (exact) mass is 389 g/mol. The molecular formula is C16H14Cl3NO4. The van der Waals surface area contributed by atoms with Gasteiger partial charge in [0.1, 0.15) is 11.3 Å². The van der Waals surface area contributed by atoms with Gasteiger partial charge in [0.2, 0.25) is 0 Å². The fourth-order valence-corrected chi connectivity index (χ4v) is 2.84. The Morgan fingerprint density at radius 3 is 2.50 bits per heavy atom. The summed E-state index contributed by atoms with van der Waals surface area (Å²) in [6.07, 6.45) is 0. The molecule has 0 bridgehead atoms. The second kappa shape index (κ2) is 7.83. The van der Waals surface area contributed by atoms with Crippen LogP contribution in [0, 0.1) is 0 Å². The number of nitrogens with one attached hydrogen (secondary N) is 1. The molecule has 2 aromatic rings. The number of phenolic OH excluding ortho intramolecular Hbond substituents is 1. The number of benzene rings is 2. The van der Waals surface area contributed by atoms with Gasteiger partial charge in [-0.3, -0.25) is 4.79 Å². The molecule has 2 aromatic carbocycles. The Morgan fingerprint density at radius 1 is 1.17 bits per heavy atom. The lowest BCUT2D eigenvalue weighted by molar-refractivity contribution is 0.0948. The van der Waals surface area contributed by atoms with Crippen molar-refractivity contribution < 1.29 is 19.4 Å². The van der Waals surface area contributed by atoms with Gasteiger partial charge in [0.25, 0.3) is 5.91 Å². The molecule has 0 atom stereocenters. The van der Waals surface area contributed by atoms with Crippen LogP contribution in [-0.2, 0) is 6.54 Å². The van der Waals surface area contributed by atoms with E-state index in [9.17, 15) is 9.90 Å². The summed E-state index contributed by atoms with van der Waals surface area (Å²) in [5, 5.41) is 12.5. The SMILES string of the molecule is COc1cccc(CNC(=O)c2c(O)c(Cl)cc(Cl)c2Cl)c1OC. The standard InChI is InChI=1S/C16H14Cl3NO4/c1-23-11-5-3-4-8(15(11)24-2)7-20-16(22)12-13(19)9(17)6-10(18)14(12)21/h3-6,21H,7H2,1-2H3,(H,20,22). The number of methoxy groups -OCH3 is 2. The minimum absolute atomic E-state index is 0.0616. The van der Waals surface area contributed by atoms with Crippen LogP contribution in [0.4, 0.5) is 0 Å². The molecule has 5 nitrogen and oxygen atoms in total. The molecule has 2 rings (SSSR count). The molecule has 0 aliphatic rings. The molecule has 0 aromatic heterocycles. The number of hydrogen-bond acceptors (Lipinski definition) is 4. The van der Waals surface area contributed by atoms with E-state index in [2.05, 4.69) is 5.32 Å². The normalized spacial score (nSPS) is 10.4. The molecule has 0 saturated heterocycles. The number of hydrogen-bond donors (Lipinski definition) is 2. The van der Waals surface area contributed by atoms with Crippen LogP contribution < -0.4 is 14.8 Å². The number of para-hydroxylation sites is 1. The van der Waals surface area contributed by atoms with E-state index in [1.807, 2.05) is 0 Å². The highest BCUT2D eigenvalue weighted by atomic mass is 35.5. The molecule has 0 aliphatic carbocycles. The third kappa shape index (κ3) is 3.64. The van der Waals surface area contributed by atoms with Crippen molar-refractivity contribution >= 4 is 40.7 Å². The van der Waals surface area contributed by atoms with Crippen molar-refractivity contribution in [3.8, 4) is 17.2 Å². The Kier molecular flexibility index (Phi) is 6.04. The third-order valence-electron chi connectivity index (χ3n) is 3.30. The molecule has 0 fully saturated rings. The first-order chi connectivity index (χ1) is 11.4. The van der Waals surface area contributed by atoms with E-state index >= 15 is 0 Å². The highest BCUT2D eigenvalue weighted by Gasteiger charge is 2.21. The maximum atomic E-state index is 12.4. The van der Waals surface area contributed by atoms with Gasteiger partial charge >= 0.3 is 0 Å². The maximum absolute atomic E-state index is 12.4. The smallest absolute Gasteiger partial charge is 0.256 e. The molecule has 0 unspecified atom stereocenters. The van der Waals surface area contributed by atoms with Gasteiger partial charge in [-0.1, -0.05) is 46.9 Å². The molecule has 1 amide bonds. The third-order valence-corrected chi connectivity index (χ3v) is 4.37. The van der Waals surface area contributed by atoms with Crippen molar-refractivity contribution in [3.63, 3.8) is 0 Å². The Balaban J connectivity index is 2.27. The first kappa shape index (κ1) is 18.5. The Morgan fingerprint density at radius 2 is 1.88 bits per heavy atom. The number of carbonyl (C=O) groups is 1. The number of aromatic hydroxyl groups is 1. The highest BCUT2D eigenvalue weighted by molar-refractivity contribution is 6.45. The fourth-order valence-electron chi connectivity index (χ4n) is 2.15. The van der Waals surface area contributed by atoms with Crippen molar-refractivity contribution in [1.82, 2.24) is 5.32 Å². The Bertz CT molecular complexity index is 754. The van der Waals surface area contributed by atoms with Gasteiger partial charge < -0.3 is 19.9 Å². The van der Waals surface area contributed by atoms with Crippen LogP contribution in [0.1, 0.15) is 15.9 Å². The summed E-state index contributed by atoms with van der Waals surface area (Å²) in [5.41, 5.74) is 0.505. The van der Waals surface area contributed by atoms with Gasteiger partial charge in [0.05, 0.1) is 29.3 Å². The minimum Gasteiger partial charge on any atom is -0.505 e. The van der Waals surface area contributed by atoms with Crippen molar-refractivity contribution in [2.45, 2.75) is 6.54 Å². The molecule has 24 heavy (non-hydrogen) atoms. The van der Waals surface area contributed by atoms with Crippen LogP contribution in [0.5, 0.6) is 17.2 Å². The van der Waals surface area contributed by atoms with Gasteiger partial charge in [0.15, 0.2) is 11.5 Å². The lowest BCUT2D eigenvalue weighted by Gasteiger charge is -2.14. The first-order valence-corrected chi connectivity index (χ1v) is 7.88. The summed E-state index contributed by atoms with van der Waals surface area (Å²) < 4.78 is 10.5. The van der Waals surface area contributed by atoms with Crippen LogP contribution in [0.25, 0.3) is 0 Å². The molecule has 2 N–H and O–H groups in total. The summed E-state index contributed by atoms with van der Waals surface area (Å²) in [5.74, 6) is -0.0105. The van der Waals surface area contributed by atoms with Crippen LogP contribution in [0.3, 0.4) is 0 Å². The quantitative estimate of drug-likeness (QED) is 0.747. The second-order valence-electron chi connectivity index (χ2n) is 4.71. The average molecular weight is 391 g/mol. The van der Waals surface area contributed by atoms with E-state index in [1.54, 1.807) is 18.2 Å². The van der Waals surface area contributed by atoms with Gasteiger partial charge in [0, 0.05) is 12.1 Å². The fraction of sp³-hybridized carbons (Fsp3) is 0.188. The summed E-state index contributed by atoms with van der Waals surface area (Å²) in [6, 6.07) is 6.55. The van der Waals surface area contributed by atoms with Crippen molar-refractivity contribution in [1.29, 1.82) is 0 Å². The van der Waals surface area contributed by atoms with Crippen molar-refractivity contribution in [2.24, 2.45) is 0 Å². The Labute approximate surface area is 154 Å². The molecule has 8 heteroatoms. The van der Waals surface area contributed by atoms with Gasteiger partial charge in [-0.15, -0.1) is 0 Å². The highest BCUT2D eigenvalue weighted by Crippen LogP contribution is 2.38. The van der Waals surface area contributed by atoms with Crippen LogP contribution in [0.2, 0.25) is 15.1 Å². The minimum atomic E-state index is -0.619. The molecule has 0 spiro atoms. The molecule has 0 heterocycles. The van der Waals surface area contributed by atoms with Crippen molar-refractivity contribution in [3.05, 3.63) is 50.5 Å². The van der Waals surface area contributed by atoms with Crippen molar-refractivity contribution in [2.75, 3.05) is 14.2 Å². The zero-order chi connectivity index (χ0) is 17.9. The van der Waals surface area contributed by atoms with E-state index in [4.69, 9.17) is 44.3 Å². The van der Waals surface area contributed by atoms with Gasteiger partial charge in [-0.05, 0) is 12.1 Å². The summed E-state index contributed by atoms with van der Waals surface area (Å²) in [7, 11) is 3.02. The lowest BCUT2D eigenvalue weighted by Crippen LogP contribution is -2.23. The number of phenols is 1. The second-order valence-corrected chi connectivity index (χ2v) is 5.91. The number of rotatable bonds is 5. The molecule has 0 aliphatic heterocycles. The van der Waals surface area contributed by atoms with E-state index in [0.29, 0.717) is 17.1 Å². The van der Waals surface area contributed by atoms with E-state index in [1.165, 1.54) is 20.3 Å². The maximum Gasteiger partial charge on any atom is 0.256 e. The summed E-state index contributed by atoms with van der Waals surface area (Å²) >= 11 is 17.7. The predicted octanol–water partition coefficient (Wildman–Crippen LogP) is 4.30. The predicted molar refractivity (Wildman–Crippen MR) is 93.9 cm³/mol. The van der Waals surface area contributed by atoms with Crippen LogP contribution in [0.15, 0.2) is 24.3 Å². The Hall–Kier alpha value is -1.82. The number of amides is 1. The zero-order valence-electron chi connectivity index (χ0n) is 12.8. The van der Waals surface area contributed by atoms with E-state index in [-0.39, 0.29) is 27.2 Å². The molecular weight excluding hydrogens is 377 g/mol. The largest absolute Gasteiger partial charge is 0.505 e. The van der Waals surface area contributed by atoms with Gasteiger partial charge in [-0.2, -0.15) is 0 Å². The van der Waals surface area contributed by atoms with E-state index in [0.717, 1.165) is 0 Å². The zero-order valence-corrected chi connectivity index (χ0v) is 15.1. The number of carbonyl (C=O) groups excluding carboxylic acids is 1. The van der Waals surface area contributed by atoms with Crippen LogP contribution >= 0.6 is 34.8 Å². The van der Waals surface area contributed by atoms with Crippen LogP contribution in [-0.4, -0.2) is 25.2 Å². The molecule has 0 radical (unpaired) electrons. The lowest BCUT2D eigenvalue weighted by atomic mass is 10.1. The molecule has 128 valence electrons. The number of ether oxygens (including phenoxy) is 2. The topological polar surface area (TPSA) is 67.8 Å².